The fraction of sp³-hybridized carbons (Fsp3) is 0.500. The van der Waals surface area contributed by atoms with Gasteiger partial charge < -0.3 is 10.2 Å². The van der Waals surface area contributed by atoms with Crippen molar-refractivity contribution in [2.75, 3.05) is 0 Å². The summed E-state index contributed by atoms with van der Waals surface area (Å²) in [4.78, 5) is 9.61. The Bertz CT molecular complexity index is 73.3. The van der Waals surface area contributed by atoms with E-state index in [2.05, 4.69) is 11.7 Å². The van der Waals surface area contributed by atoms with E-state index >= 15 is 0 Å². The van der Waals surface area contributed by atoms with Crippen LogP contribution in [0.25, 0.3) is 0 Å². The van der Waals surface area contributed by atoms with Crippen molar-refractivity contribution in [2.24, 2.45) is 0 Å². The van der Waals surface area contributed by atoms with Crippen molar-refractivity contribution in [3.63, 3.8) is 0 Å². The van der Waals surface area contributed by atoms with Crippen molar-refractivity contribution < 1.29 is 15.0 Å². The van der Waals surface area contributed by atoms with Crippen LogP contribution in [0.1, 0.15) is 0 Å². The van der Waals surface area contributed by atoms with E-state index in [1.807, 2.05) is 0 Å². The van der Waals surface area contributed by atoms with Crippen molar-refractivity contribution in [1.29, 1.82) is 0 Å². The highest BCUT2D eigenvalue weighted by molar-refractivity contribution is 8.69. The molecule has 0 aliphatic rings. The van der Waals surface area contributed by atoms with Gasteiger partial charge in [0.1, 0.15) is 0 Å². The Kier molecular flexibility index (Phi) is 3.23. The Labute approximate surface area is 49.5 Å². The second-order valence-corrected chi connectivity index (χ2v) is 2.09. The molecule has 0 aromatic rings. The molecule has 0 saturated carbocycles. The van der Waals surface area contributed by atoms with Crippen LogP contribution in [-0.2, 0) is 4.79 Å². The maximum atomic E-state index is 9.61. The first-order valence-electron chi connectivity index (χ1n) is 1.39. The summed E-state index contributed by atoms with van der Waals surface area (Å²) in [5.74, 6) is -1.26. The lowest BCUT2D eigenvalue weighted by Gasteiger charge is -1.94. The molecular weight excluding hydrogens is 136 g/mol. The number of hydrogen-bond donors (Lipinski definition) is 3. The number of carbonyl (C=O) groups is 1. The number of aliphatic hydroxyl groups is 1. The van der Waals surface area contributed by atoms with Crippen LogP contribution in [-0.4, -0.2) is 21.6 Å². The zero-order chi connectivity index (χ0) is 5.86. The Morgan fingerprint density at radius 1 is 1.86 bits per heavy atom. The Hall–Kier alpha value is 0.130. The Morgan fingerprint density at radius 2 is 2.29 bits per heavy atom. The summed E-state index contributed by atoms with van der Waals surface area (Å²) in [5.41, 5.74) is -1.40. The number of aliphatic hydroxyl groups excluding tert-OH is 1. The zero-order valence-corrected chi connectivity index (χ0v) is 4.95. The minimum Gasteiger partial charge on any atom is -0.479 e. The van der Waals surface area contributed by atoms with Crippen LogP contribution in [0.5, 0.6) is 0 Å². The van der Waals surface area contributed by atoms with Gasteiger partial charge >= 0.3 is 5.97 Å². The maximum Gasteiger partial charge on any atom is 0.344 e. The normalized spacial score (nSPS) is 13.4. The molecule has 0 amide bonds. The molecule has 0 heterocycles. The van der Waals surface area contributed by atoms with Crippen LogP contribution in [0.4, 0.5) is 0 Å². The van der Waals surface area contributed by atoms with Gasteiger partial charge in [0.2, 0.25) is 5.44 Å². The van der Waals surface area contributed by atoms with Gasteiger partial charge in [-0.2, -0.15) is 0 Å². The average Bonchev–Trinajstić information content (AvgIpc) is 1.65. The topological polar surface area (TPSA) is 57.5 Å². The smallest absolute Gasteiger partial charge is 0.344 e. The molecule has 0 aromatic heterocycles. The van der Waals surface area contributed by atoms with E-state index in [0.717, 1.165) is 0 Å². The predicted octanol–water partition coefficient (Wildman–Crippen LogP) is -0.0326. The molecule has 0 aliphatic carbocycles. The first-order valence-corrected chi connectivity index (χ1v) is 3.32. The molecule has 0 aliphatic heterocycles. The van der Waals surface area contributed by atoms with Gasteiger partial charge in [-0.3, -0.25) is 0 Å². The highest BCUT2D eigenvalue weighted by Gasteiger charge is 2.09. The molecule has 0 rings (SSSR count). The zero-order valence-electron chi connectivity index (χ0n) is 3.24. The maximum absolute atomic E-state index is 9.61. The van der Waals surface area contributed by atoms with Crippen molar-refractivity contribution in [3.8, 4) is 0 Å². The molecule has 0 fully saturated rings. The molecule has 3 nitrogen and oxygen atoms in total. The van der Waals surface area contributed by atoms with Gasteiger partial charge in [-0.1, -0.05) is 10.8 Å². The van der Waals surface area contributed by atoms with E-state index in [1.54, 1.807) is 0 Å². The molecule has 7 heavy (non-hydrogen) atoms. The third-order valence-electron chi connectivity index (χ3n) is 0.311. The van der Waals surface area contributed by atoms with Crippen molar-refractivity contribution in [1.82, 2.24) is 0 Å². The van der Waals surface area contributed by atoms with Gasteiger partial charge in [-0.05, 0) is 0 Å². The second kappa shape index (κ2) is 3.17. The van der Waals surface area contributed by atoms with E-state index in [0.29, 0.717) is 10.8 Å². The van der Waals surface area contributed by atoms with Crippen LogP contribution in [0.3, 0.4) is 0 Å². The molecule has 0 saturated heterocycles. The van der Waals surface area contributed by atoms with E-state index < -0.39 is 11.4 Å². The molecule has 2 N–H and O–H groups in total. The lowest BCUT2D eigenvalue weighted by molar-refractivity contribution is -0.141. The Morgan fingerprint density at radius 3 is 2.29 bits per heavy atom. The average molecular weight is 140 g/mol. The summed E-state index contributed by atoms with van der Waals surface area (Å²) >= 11 is 3.44. The first-order chi connectivity index (χ1) is 3.18. The highest BCUT2D eigenvalue weighted by atomic mass is 33.1. The molecule has 5 heteroatoms. The summed E-state index contributed by atoms with van der Waals surface area (Å²) in [6.45, 7) is 0. The molecule has 1 atom stereocenters. The highest BCUT2D eigenvalue weighted by Crippen LogP contribution is 2.10. The molecule has 42 valence electrons. The van der Waals surface area contributed by atoms with E-state index in [1.165, 1.54) is 0 Å². The summed E-state index contributed by atoms with van der Waals surface area (Å²) in [5, 5.41) is 16.1. The van der Waals surface area contributed by atoms with Crippen LogP contribution in [0.2, 0.25) is 0 Å². The molecule has 0 aromatic carbocycles. The van der Waals surface area contributed by atoms with Crippen LogP contribution >= 0.6 is 22.5 Å². The minimum atomic E-state index is -1.40. The molecular formula is C2H4O3S2. The molecule has 0 bridgehead atoms. The quantitative estimate of drug-likeness (QED) is 0.286. The monoisotopic (exact) mass is 140 g/mol. The van der Waals surface area contributed by atoms with E-state index in [-0.39, 0.29) is 0 Å². The SMILES string of the molecule is O=C(O)C(O)SS. The summed E-state index contributed by atoms with van der Waals surface area (Å²) in [7, 11) is 0.583. The number of carboxylic acid groups (broad SMARTS) is 1. The van der Waals surface area contributed by atoms with Crippen LogP contribution in [0.15, 0.2) is 0 Å². The van der Waals surface area contributed by atoms with Crippen molar-refractivity contribution in [2.45, 2.75) is 5.44 Å². The van der Waals surface area contributed by atoms with E-state index in [9.17, 15) is 4.79 Å². The lowest BCUT2D eigenvalue weighted by Crippen LogP contribution is -2.12. The number of aliphatic carboxylic acids is 1. The van der Waals surface area contributed by atoms with Gasteiger partial charge in [0.05, 0.1) is 0 Å². The standard InChI is InChI=1S/C2H4O3S2/c3-1(4)2(5)7-6/h2,5-6H,(H,3,4). The van der Waals surface area contributed by atoms with Crippen LogP contribution in [0, 0.1) is 0 Å². The number of carboxylic acids is 1. The van der Waals surface area contributed by atoms with Gasteiger partial charge in [-0.15, -0.1) is 11.7 Å². The summed E-state index contributed by atoms with van der Waals surface area (Å²) < 4.78 is 0. The second-order valence-electron chi connectivity index (χ2n) is 0.796. The van der Waals surface area contributed by atoms with Gasteiger partial charge in [0.15, 0.2) is 0 Å². The number of rotatable bonds is 2. The van der Waals surface area contributed by atoms with Crippen LogP contribution < -0.4 is 0 Å². The third-order valence-corrected chi connectivity index (χ3v) is 1.31. The third kappa shape index (κ3) is 2.78. The molecule has 0 spiro atoms. The molecule has 0 radical (unpaired) electrons. The Balaban J connectivity index is 3.34. The van der Waals surface area contributed by atoms with Crippen molar-refractivity contribution in [3.05, 3.63) is 0 Å². The predicted molar refractivity (Wildman–Crippen MR) is 30.2 cm³/mol. The fourth-order valence-corrected chi connectivity index (χ4v) is 0.406. The van der Waals surface area contributed by atoms with Crippen molar-refractivity contribution >= 4 is 28.4 Å². The summed E-state index contributed by atoms with van der Waals surface area (Å²) in [6.07, 6.45) is 0. The molecule has 1 unspecified atom stereocenters. The van der Waals surface area contributed by atoms with Gasteiger partial charge in [0.25, 0.3) is 0 Å². The fourth-order valence-electron chi connectivity index (χ4n) is 0.0451. The number of thiol groups is 1. The minimum absolute atomic E-state index is 0.583. The van der Waals surface area contributed by atoms with E-state index in [4.69, 9.17) is 10.2 Å². The number of hydrogen-bond acceptors (Lipinski definition) is 4. The van der Waals surface area contributed by atoms with Gasteiger partial charge in [0, 0.05) is 0 Å². The summed E-state index contributed by atoms with van der Waals surface area (Å²) in [6, 6.07) is 0. The lowest BCUT2D eigenvalue weighted by atomic mass is 10.7. The largest absolute Gasteiger partial charge is 0.479 e. The van der Waals surface area contributed by atoms with Gasteiger partial charge in [-0.25, -0.2) is 4.79 Å². The first kappa shape index (κ1) is 7.13.